The maximum atomic E-state index is 6.53. The molecule has 10 aromatic rings. The van der Waals surface area contributed by atoms with Crippen LogP contribution in [0.1, 0.15) is 0 Å². The average Bonchev–Trinajstić information content (AvgIpc) is 3.73. The molecule has 0 aliphatic carbocycles. The van der Waals surface area contributed by atoms with Crippen LogP contribution >= 0.6 is 11.3 Å². The lowest BCUT2D eigenvalue weighted by molar-refractivity contribution is 0.670. The van der Waals surface area contributed by atoms with Gasteiger partial charge in [0, 0.05) is 52.7 Å². The quantitative estimate of drug-likeness (QED) is 0.208. The molecule has 0 amide bonds. The third-order valence-corrected chi connectivity index (χ3v) is 9.94. The normalized spacial score (nSPS) is 12.2. The molecule has 0 aliphatic heterocycles. The molecule has 0 saturated carbocycles. The van der Waals surface area contributed by atoms with E-state index in [1.807, 2.05) is 23.5 Å². The average molecular weight is 567 g/mol. The smallest absolute Gasteiger partial charge is 0.143 e. The number of fused-ring (bicyclic) bond motifs is 11. The van der Waals surface area contributed by atoms with Gasteiger partial charge in [-0.2, -0.15) is 0 Å². The summed E-state index contributed by atoms with van der Waals surface area (Å²) in [5, 5.41) is 8.39. The van der Waals surface area contributed by atoms with Crippen LogP contribution in [0, 0.1) is 0 Å². The van der Waals surface area contributed by atoms with Crippen molar-refractivity contribution in [2.45, 2.75) is 0 Å². The predicted octanol–water partition coefficient (Wildman–Crippen LogP) is 11.3. The number of nitrogens with zero attached hydrogens (tertiary/aromatic N) is 2. The maximum Gasteiger partial charge on any atom is 0.143 e. The highest BCUT2D eigenvalue weighted by atomic mass is 32.1. The highest BCUT2D eigenvalue weighted by molar-refractivity contribution is 7.26. The number of para-hydroxylation sites is 4. The Hall–Kier alpha value is -5.45. The van der Waals surface area contributed by atoms with Crippen molar-refractivity contribution in [2.75, 3.05) is 0 Å². The molecule has 6 aromatic carbocycles. The lowest BCUT2D eigenvalue weighted by Gasteiger charge is -2.13. The first-order chi connectivity index (χ1) is 21.3. The lowest BCUT2D eigenvalue weighted by Crippen LogP contribution is -1.99. The Bertz CT molecular complexity index is 2740. The molecule has 4 heteroatoms. The minimum atomic E-state index is 0.899. The number of furan rings is 1. The van der Waals surface area contributed by atoms with Crippen LogP contribution in [0.5, 0.6) is 0 Å². The monoisotopic (exact) mass is 566 g/mol. The van der Waals surface area contributed by atoms with Gasteiger partial charge in [-0.05, 0) is 42.0 Å². The summed E-state index contributed by atoms with van der Waals surface area (Å²) in [5.74, 6) is 0.899. The van der Waals surface area contributed by atoms with Gasteiger partial charge in [0.05, 0.1) is 16.6 Å². The van der Waals surface area contributed by atoms with E-state index < -0.39 is 0 Å². The molecule has 4 aromatic heterocycles. The molecule has 0 aliphatic rings. The van der Waals surface area contributed by atoms with Crippen molar-refractivity contribution in [1.29, 1.82) is 0 Å². The molecule has 10 rings (SSSR count). The lowest BCUT2D eigenvalue weighted by atomic mass is 9.98. The molecule has 0 unspecified atom stereocenters. The predicted molar refractivity (Wildman–Crippen MR) is 182 cm³/mol. The molecule has 0 atom stereocenters. The minimum Gasteiger partial charge on any atom is -0.455 e. The number of aromatic nitrogens is 2. The largest absolute Gasteiger partial charge is 0.455 e. The van der Waals surface area contributed by atoms with Crippen LogP contribution in [0.4, 0.5) is 0 Å². The summed E-state index contributed by atoms with van der Waals surface area (Å²) in [6.07, 6.45) is 0. The van der Waals surface area contributed by atoms with E-state index in [9.17, 15) is 0 Å². The number of rotatable bonds is 2. The van der Waals surface area contributed by atoms with Crippen molar-refractivity contribution in [2.24, 2.45) is 0 Å². The summed E-state index contributed by atoms with van der Waals surface area (Å²) < 4.78 is 11.5. The number of hydrogen-bond donors (Lipinski definition) is 0. The summed E-state index contributed by atoms with van der Waals surface area (Å²) in [4.78, 5) is 5.33. The third-order valence-electron chi connectivity index (χ3n) is 8.80. The highest BCUT2D eigenvalue weighted by Gasteiger charge is 2.21. The zero-order valence-electron chi connectivity index (χ0n) is 22.9. The minimum absolute atomic E-state index is 0.899. The molecule has 4 heterocycles. The van der Waals surface area contributed by atoms with Crippen LogP contribution in [0.3, 0.4) is 0 Å². The standard InChI is InChI=1S/C39H22N2OS/c1-5-16-31-23(10-1)30(28-15-9-14-27-25-12-3-7-18-33(25)42-39(27)28)22-36(40-31)41-32-17-6-2-11-24(32)26-20-21-35-37(38(26)41)29-13-4-8-19-34(29)43-35/h1-22H. The summed E-state index contributed by atoms with van der Waals surface area (Å²) in [6, 6.07) is 47.4. The SMILES string of the molecule is c1ccc2c(-c3cccc4c3oc3ccccc34)cc(-n3c4ccccc4c4ccc5sc6ccccc6c5c43)nc2c1. The first-order valence-corrected chi connectivity index (χ1v) is 15.3. The Labute approximate surface area is 249 Å². The van der Waals surface area contributed by atoms with Gasteiger partial charge < -0.3 is 4.42 Å². The second-order valence-electron chi connectivity index (χ2n) is 11.1. The molecule has 200 valence electrons. The summed E-state index contributed by atoms with van der Waals surface area (Å²) >= 11 is 1.85. The Morgan fingerprint density at radius 3 is 2.21 bits per heavy atom. The first kappa shape index (κ1) is 23.1. The Kier molecular flexibility index (Phi) is 4.60. The van der Waals surface area contributed by atoms with E-state index in [0.29, 0.717) is 0 Å². The van der Waals surface area contributed by atoms with Crippen molar-refractivity contribution in [3.8, 4) is 16.9 Å². The fourth-order valence-corrected chi connectivity index (χ4v) is 8.07. The van der Waals surface area contributed by atoms with Crippen LogP contribution in [0.2, 0.25) is 0 Å². The molecule has 0 radical (unpaired) electrons. The van der Waals surface area contributed by atoms with Gasteiger partial charge in [-0.1, -0.05) is 97.1 Å². The van der Waals surface area contributed by atoms with Crippen molar-refractivity contribution in [3.63, 3.8) is 0 Å². The fourth-order valence-electron chi connectivity index (χ4n) is 6.96. The molecular weight excluding hydrogens is 545 g/mol. The van der Waals surface area contributed by atoms with Crippen molar-refractivity contribution < 1.29 is 4.42 Å². The van der Waals surface area contributed by atoms with Gasteiger partial charge in [0.2, 0.25) is 0 Å². The van der Waals surface area contributed by atoms with Gasteiger partial charge >= 0.3 is 0 Å². The van der Waals surface area contributed by atoms with Gasteiger partial charge in [0.25, 0.3) is 0 Å². The van der Waals surface area contributed by atoms with E-state index in [-0.39, 0.29) is 0 Å². The van der Waals surface area contributed by atoms with Crippen LogP contribution < -0.4 is 0 Å². The zero-order chi connectivity index (χ0) is 28.1. The molecule has 0 N–H and O–H groups in total. The van der Waals surface area contributed by atoms with E-state index in [1.54, 1.807) is 0 Å². The van der Waals surface area contributed by atoms with E-state index in [4.69, 9.17) is 9.40 Å². The van der Waals surface area contributed by atoms with Crippen molar-refractivity contribution in [1.82, 2.24) is 9.55 Å². The first-order valence-electron chi connectivity index (χ1n) is 14.5. The zero-order valence-corrected chi connectivity index (χ0v) is 23.7. The van der Waals surface area contributed by atoms with Gasteiger partial charge in [-0.15, -0.1) is 11.3 Å². The topological polar surface area (TPSA) is 31.0 Å². The molecule has 0 saturated heterocycles. The van der Waals surface area contributed by atoms with Crippen LogP contribution in [-0.2, 0) is 0 Å². The summed E-state index contributed by atoms with van der Waals surface area (Å²) in [5.41, 5.74) is 7.29. The molecule has 0 spiro atoms. The molecular formula is C39H22N2OS. The van der Waals surface area contributed by atoms with Gasteiger partial charge in [-0.3, -0.25) is 4.57 Å². The highest BCUT2D eigenvalue weighted by Crippen LogP contribution is 2.44. The number of thiophene rings is 1. The molecule has 43 heavy (non-hydrogen) atoms. The fraction of sp³-hybridized carbons (Fsp3) is 0. The van der Waals surface area contributed by atoms with Crippen molar-refractivity contribution in [3.05, 3.63) is 133 Å². The number of hydrogen-bond acceptors (Lipinski definition) is 3. The van der Waals surface area contributed by atoms with E-state index in [1.165, 1.54) is 36.5 Å². The Morgan fingerprint density at radius 1 is 0.535 bits per heavy atom. The molecule has 0 bridgehead atoms. The van der Waals surface area contributed by atoms with Crippen molar-refractivity contribution >= 4 is 86.2 Å². The Balaban J connectivity index is 1.38. The molecule has 3 nitrogen and oxygen atoms in total. The van der Waals surface area contributed by atoms with E-state index >= 15 is 0 Å². The van der Waals surface area contributed by atoms with Gasteiger partial charge in [-0.25, -0.2) is 4.98 Å². The second-order valence-corrected chi connectivity index (χ2v) is 12.2. The van der Waals surface area contributed by atoms with E-state index in [0.717, 1.165) is 55.3 Å². The van der Waals surface area contributed by atoms with Crippen LogP contribution in [-0.4, -0.2) is 9.55 Å². The summed E-state index contributed by atoms with van der Waals surface area (Å²) in [6.45, 7) is 0. The van der Waals surface area contributed by atoms with Gasteiger partial charge in [0.1, 0.15) is 17.0 Å². The van der Waals surface area contributed by atoms with E-state index in [2.05, 4.69) is 126 Å². The molecule has 0 fully saturated rings. The third kappa shape index (κ3) is 3.16. The number of pyridine rings is 1. The maximum absolute atomic E-state index is 6.53. The van der Waals surface area contributed by atoms with Crippen LogP contribution in [0.15, 0.2) is 138 Å². The van der Waals surface area contributed by atoms with Crippen LogP contribution in [0.25, 0.3) is 91.8 Å². The second kappa shape index (κ2) is 8.54. The summed E-state index contributed by atoms with van der Waals surface area (Å²) in [7, 11) is 0. The van der Waals surface area contributed by atoms with Gasteiger partial charge in [0.15, 0.2) is 0 Å². The number of benzene rings is 6. The Morgan fingerprint density at radius 2 is 1.28 bits per heavy atom.